The number of hydrogen-bond acceptors (Lipinski definition) is 8. The van der Waals surface area contributed by atoms with E-state index in [2.05, 4.69) is 62.5 Å². The summed E-state index contributed by atoms with van der Waals surface area (Å²) in [5, 5.41) is 2.80. The Balaban J connectivity index is 1.04. The number of carbonyl (C=O) groups is 1. The molecular weight excluding hydrogens is 554 g/mol. The van der Waals surface area contributed by atoms with Crippen LogP contribution in [0.2, 0.25) is 0 Å². The highest BCUT2D eigenvalue weighted by Gasteiger charge is 2.16. The third-order valence-electron chi connectivity index (χ3n) is 8.20. The van der Waals surface area contributed by atoms with Gasteiger partial charge in [0, 0.05) is 56.1 Å². The molecule has 1 aliphatic rings. The Morgan fingerprint density at radius 3 is 2.27 bits per heavy atom. The lowest BCUT2D eigenvalue weighted by Crippen LogP contribution is -2.45. The van der Waals surface area contributed by atoms with Gasteiger partial charge in [-0.2, -0.15) is 0 Å². The van der Waals surface area contributed by atoms with Crippen LogP contribution in [0.15, 0.2) is 60.7 Å². The van der Waals surface area contributed by atoms with Crippen LogP contribution in [0.25, 0.3) is 44.8 Å². The Kier molecular flexibility index (Phi) is 9.06. The summed E-state index contributed by atoms with van der Waals surface area (Å²) in [4.78, 5) is 33.1. The number of nitrogens with zero attached hydrogens (tertiary/aromatic N) is 4. The number of aromatic nitrogens is 4. The zero-order chi connectivity index (χ0) is 30.5. The molecule has 1 amide bonds. The summed E-state index contributed by atoms with van der Waals surface area (Å²) >= 11 is 0. The van der Waals surface area contributed by atoms with E-state index in [1.807, 2.05) is 30.3 Å². The van der Waals surface area contributed by atoms with Crippen molar-refractivity contribution in [2.24, 2.45) is 11.5 Å². The van der Waals surface area contributed by atoms with Crippen molar-refractivity contribution in [2.45, 2.75) is 25.3 Å². The highest BCUT2D eigenvalue weighted by molar-refractivity contribution is 5.87. The third-order valence-corrected chi connectivity index (χ3v) is 8.20. The summed E-state index contributed by atoms with van der Waals surface area (Å²) in [5.41, 5.74) is 18.1. The molecule has 1 atom stereocenters. The van der Waals surface area contributed by atoms with Crippen LogP contribution in [0.3, 0.4) is 0 Å². The number of anilines is 1. The predicted octanol–water partition coefficient (Wildman–Crippen LogP) is 3.48. The van der Waals surface area contributed by atoms with Crippen LogP contribution in [-0.4, -0.2) is 89.7 Å². The van der Waals surface area contributed by atoms with Crippen LogP contribution in [0.5, 0.6) is 5.75 Å². The molecule has 11 heteroatoms. The summed E-state index contributed by atoms with van der Waals surface area (Å²) in [6, 6.07) is 20.0. The molecule has 0 bridgehead atoms. The van der Waals surface area contributed by atoms with Gasteiger partial charge in [0.2, 0.25) is 5.91 Å². The lowest BCUT2D eigenvalue weighted by atomic mass is 10.2. The standard InChI is InChI=1S/C33H41N9O2/c1-41-14-16-42(17-15-41)24-8-12-28-30(20-24)40-32(38-28)23-7-11-27-29(19-23)39-31(37-27)22-5-9-25(10-6-22)44-18-4-2-3-13-36-33(43)26(35)21-34/h5-12,19-20,26H,2-4,13-18,21,34-35H2,1H3,(H,36,43)(H,37,39)(H,38,40). The lowest BCUT2D eigenvalue weighted by Gasteiger charge is -2.34. The molecule has 1 saturated heterocycles. The Hall–Kier alpha value is -4.45. The van der Waals surface area contributed by atoms with Crippen LogP contribution in [-0.2, 0) is 4.79 Å². The highest BCUT2D eigenvalue weighted by Crippen LogP contribution is 2.29. The summed E-state index contributed by atoms with van der Waals surface area (Å²) in [7, 11) is 2.17. The number of fused-ring (bicyclic) bond motifs is 2. The van der Waals surface area contributed by atoms with Crippen molar-refractivity contribution >= 4 is 33.7 Å². The fourth-order valence-corrected chi connectivity index (χ4v) is 5.44. The van der Waals surface area contributed by atoms with Crippen molar-refractivity contribution in [1.29, 1.82) is 0 Å². The van der Waals surface area contributed by atoms with E-state index in [-0.39, 0.29) is 12.5 Å². The molecule has 3 heterocycles. The average Bonchev–Trinajstić information content (AvgIpc) is 3.68. The molecule has 7 N–H and O–H groups in total. The van der Waals surface area contributed by atoms with E-state index < -0.39 is 6.04 Å². The maximum absolute atomic E-state index is 11.6. The number of piperazine rings is 1. The van der Waals surface area contributed by atoms with Gasteiger partial charge in [-0.25, -0.2) is 9.97 Å². The number of unbranched alkanes of at least 4 members (excludes halogenated alkanes) is 2. The van der Waals surface area contributed by atoms with E-state index in [1.54, 1.807) is 0 Å². The first-order valence-corrected chi connectivity index (χ1v) is 15.4. The molecule has 44 heavy (non-hydrogen) atoms. The average molecular weight is 596 g/mol. The van der Waals surface area contributed by atoms with E-state index in [4.69, 9.17) is 26.2 Å². The van der Waals surface area contributed by atoms with Crippen LogP contribution in [0.4, 0.5) is 5.69 Å². The normalized spacial score (nSPS) is 14.8. The van der Waals surface area contributed by atoms with Crippen molar-refractivity contribution in [3.63, 3.8) is 0 Å². The van der Waals surface area contributed by atoms with Gasteiger partial charge in [-0.3, -0.25) is 4.79 Å². The Morgan fingerprint density at radius 2 is 1.55 bits per heavy atom. The minimum absolute atomic E-state index is 0.151. The molecule has 5 aromatic rings. The molecule has 230 valence electrons. The maximum Gasteiger partial charge on any atom is 0.238 e. The van der Waals surface area contributed by atoms with Crippen molar-refractivity contribution in [2.75, 3.05) is 57.8 Å². The summed E-state index contributed by atoms with van der Waals surface area (Å²) in [5.74, 6) is 2.27. The molecule has 1 aliphatic heterocycles. The van der Waals surface area contributed by atoms with Gasteiger partial charge in [0.25, 0.3) is 0 Å². The fourth-order valence-electron chi connectivity index (χ4n) is 5.44. The van der Waals surface area contributed by atoms with Gasteiger partial charge in [-0.15, -0.1) is 0 Å². The Morgan fingerprint density at radius 1 is 0.886 bits per heavy atom. The molecule has 0 spiro atoms. The van der Waals surface area contributed by atoms with Crippen LogP contribution < -0.4 is 26.4 Å². The number of carbonyl (C=O) groups excluding carboxylic acids is 1. The molecule has 1 unspecified atom stereocenters. The second kappa shape index (κ2) is 13.5. The van der Waals surface area contributed by atoms with Gasteiger partial charge in [-0.1, -0.05) is 0 Å². The minimum Gasteiger partial charge on any atom is -0.494 e. The van der Waals surface area contributed by atoms with E-state index in [1.165, 1.54) is 5.69 Å². The Labute approximate surface area is 257 Å². The van der Waals surface area contributed by atoms with Gasteiger partial charge < -0.3 is 41.3 Å². The molecule has 6 rings (SSSR count). The molecule has 0 aliphatic carbocycles. The minimum atomic E-state index is -0.637. The van der Waals surface area contributed by atoms with E-state index in [0.29, 0.717) is 13.2 Å². The zero-order valence-electron chi connectivity index (χ0n) is 25.2. The van der Waals surface area contributed by atoms with Gasteiger partial charge in [0.15, 0.2) is 0 Å². The summed E-state index contributed by atoms with van der Waals surface area (Å²) in [6.07, 6.45) is 2.71. The van der Waals surface area contributed by atoms with Crippen LogP contribution >= 0.6 is 0 Å². The van der Waals surface area contributed by atoms with Gasteiger partial charge in [-0.05, 0) is 87.0 Å². The van der Waals surface area contributed by atoms with Crippen LogP contribution in [0, 0.1) is 0 Å². The maximum atomic E-state index is 11.6. The van der Waals surface area contributed by atoms with E-state index in [9.17, 15) is 4.79 Å². The highest BCUT2D eigenvalue weighted by atomic mass is 16.5. The number of amides is 1. The SMILES string of the molecule is CN1CCN(c2ccc3nc(-c4ccc5nc(-c6ccc(OCCCCCNC(=O)C(N)CN)cc6)[nH]c5c4)[nH]c3c2)CC1. The number of aromatic amines is 2. The van der Waals surface area contributed by atoms with Gasteiger partial charge >= 0.3 is 0 Å². The molecule has 3 aromatic carbocycles. The number of benzene rings is 3. The number of imidazole rings is 2. The van der Waals surface area contributed by atoms with Crippen molar-refractivity contribution < 1.29 is 9.53 Å². The molecule has 0 radical (unpaired) electrons. The van der Waals surface area contributed by atoms with Crippen LogP contribution in [0.1, 0.15) is 19.3 Å². The second-order valence-corrected chi connectivity index (χ2v) is 11.5. The monoisotopic (exact) mass is 595 g/mol. The first kappa shape index (κ1) is 29.6. The first-order valence-electron chi connectivity index (χ1n) is 15.4. The quantitative estimate of drug-likeness (QED) is 0.137. The van der Waals surface area contributed by atoms with Gasteiger partial charge in [0.1, 0.15) is 17.4 Å². The lowest BCUT2D eigenvalue weighted by molar-refractivity contribution is -0.122. The number of ether oxygens (including phenoxy) is 1. The largest absolute Gasteiger partial charge is 0.494 e. The van der Waals surface area contributed by atoms with Crippen molar-refractivity contribution in [1.82, 2.24) is 30.2 Å². The number of nitrogens with one attached hydrogen (secondary N) is 3. The number of hydrogen-bond donors (Lipinski definition) is 5. The fraction of sp³-hybridized carbons (Fsp3) is 0.364. The van der Waals surface area contributed by atoms with Crippen molar-refractivity contribution in [3.8, 4) is 28.5 Å². The third kappa shape index (κ3) is 6.85. The summed E-state index contributed by atoms with van der Waals surface area (Å²) in [6.45, 7) is 5.58. The first-order chi connectivity index (χ1) is 21.5. The number of rotatable bonds is 12. The topological polar surface area (TPSA) is 154 Å². The molecule has 0 saturated carbocycles. The second-order valence-electron chi connectivity index (χ2n) is 11.5. The van der Waals surface area contributed by atoms with Crippen molar-refractivity contribution in [3.05, 3.63) is 60.7 Å². The molecule has 1 fully saturated rings. The van der Waals surface area contributed by atoms with E-state index in [0.717, 1.165) is 96.0 Å². The number of likely N-dealkylation sites (N-methyl/N-ethyl adjacent to an activating group) is 1. The van der Waals surface area contributed by atoms with E-state index >= 15 is 0 Å². The summed E-state index contributed by atoms with van der Waals surface area (Å²) < 4.78 is 5.91. The predicted molar refractivity (Wildman–Crippen MR) is 176 cm³/mol. The smallest absolute Gasteiger partial charge is 0.238 e. The molecular formula is C33H41N9O2. The molecule has 11 nitrogen and oxygen atoms in total. The Bertz CT molecular complexity index is 1700. The zero-order valence-corrected chi connectivity index (χ0v) is 25.2. The number of nitrogens with two attached hydrogens (primary N) is 2. The number of H-pyrrole nitrogens is 2. The molecule has 2 aromatic heterocycles. The van der Waals surface area contributed by atoms with Gasteiger partial charge in [0.05, 0.1) is 34.7 Å².